The van der Waals surface area contributed by atoms with Gasteiger partial charge in [0.05, 0.1) is 0 Å². The minimum atomic E-state index is 0. The Hall–Kier alpha value is 0.310. The number of guanidine groups is 1. The summed E-state index contributed by atoms with van der Waals surface area (Å²) < 4.78 is 0. The van der Waals surface area contributed by atoms with Crippen LogP contribution in [0.5, 0.6) is 0 Å². The largest absolute Gasteiger partial charge is 0.356 e. The number of aliphatic imine (C=N–C) groups is 1. The molecule has 6 heteroatoms. The van der Waals surface area contributed by atoms with Crippen LogP contribution in [0.4, 0.5) is 0 Å². The van der Waals surface area contributed by atoms with Gasteiger partial charge in [-0.1, -0.05) is 20.8 Å². The molecule has 0 bridgehead atoms. The highest BCUT2D eigenvalue weighted by molar-refractivity contribution is 14.0. The molecule has 1 aliphatic heterocycles. The van der Waals surface area contributed by atoms with Crippen molar-refractivity contribution in [3.63, 3.8) is 0 Å². The third-order valence-electron chi connectivity index (χ3n) is 4.36. The van der Waals surface area contributed by atoms with Gasteiger partial charge in [0.1, 0.15) is 0 Å². The molecule has 132 valence electrons. The minimum Gasteiger partial charge on any atom is -0.356 e. The van der Waals surface area contributed by atoms with E-state index in [4.69, 9.17) is 0 Å². The lowest BCUT2D eigenvalue weighted by atomic mass is 9.94. The SMILES string of the molecule is CN=C(NCCSC)NCC(C(C)C)N1CCC(C)CC1.I. The maximum atomic E-state index is 4.31. The first kappa shape index (κ1) is 22.3. The summed E-state index contributed by atoms with van der Waals surface area (Å²) in [6.45, 7) is 11.5. The van der Waals surface area contributed by atoms with Crippen LogP contribution in [-0.4, -0.2) is 62.1 Å². The fraction of sp³-hybridized carbons (Fsp3) is 0.938. The molecule has 0 aliphatic carbocycles. The molecule has 0 aromatic rings. The zero-order valence-electron chi connectivity index (χ0n) is 14.9. The number of rotatable bonds is 7. The standard InChI is InChI=1S/C16H34N4S.HI/c1-13(2)15(20-9-6-14(3)7-10-20)12-19-16(17-4)18-8-11-21-5;/h13-15H,6-12H2,1-5H3,(H2,17,18,19);1H. The van der Waals surface area contributed by atoms with Crippen molar-refractivity contribution < 1.29 is 0 Å². The number of hydrogen-bond donors (Lipinski definition) is 2. The maximum Gasteiger partial charge on any atom is 0.191 e. The van der Waals surface area contributed by atoms with Crippen molar-refractivity contribution in [3.8, 4) is 0 Å². The van der Waals surface area contributed by atoms with Crippen molar-refractivity contribution in [2.24, 2.45) is 16.8 Å². The second-order valence-corrected chi connectivity index (χ2v) is 7.39. The van der Waals surface area contributed by atoms with Crippen LogP contribution < -0.4 is 10.6 Å². The van der Waals surface area contributed by atoms with Crippen LogP contribution in [0.3, 0.4) is 0 Å². The summed E-state index contributed by atoms with van der Waals surface area (Å²) in [6, 6.07) is 0.594. The Bertz CT molecular complexity index is 305. The molecule has 1 rings (SSSR count). The van der Waals surface area contributed by atoms with Crippen molar-refractivity contribution in [2.75, 3.05) is 45.2 Å². The molecule has 22 heavy (non-hydrogen) atoms. The second kappa shape index (κ2) is 12.7. The molecule has 0 saturated carbocycles. The summed E-state index contributed by atoms with van der Waals surface area (Å²) in [4.78, 5) is 6.97. The molecule has 1 atom stereocenters. The molecular weight excluding hydrogens is 407 g/mol. The Kier molecular flexibility index (Phi) is 12.9. The Morgan fingerprint density at radius 2 is 1.91 bits per heavy atom. The number of halogens is 1. The normalized spacial score (nSPS) is 18.9. The van der Waals surface area contributed by atoms with Crippen LogP contribution in [-0.2, 0) is 0 Å². The lowest BCUT2D eigenvalue weighted by Gasteiger charge is -2.39. The molecule has 0 radical (unpaired) electrons. The summed E-state index contributed by atoms with van der Waals surface area (Å²) in [7, 11) is 1.85. The van der Waals surface area contributed by atoms with Gasteiger partial charge < -0.3 is 10.6 Å². The van der Waals surface area contributed by atoms with E-state index in [2.05, 4.69) is 47.6 Å². The average Bonchev–Trinajstić information content (AvgIpc) is 2.47. The van der Waals surface area contributed by atoms with Gasteiger partial charge in [0.15, 0.2) is 5.96 Å². The minimum absolute atomic E-state index is 0. The van der Waals surface area contributed by atoms with Crippen molar-refractivity contribution in [2.45, 2.75) is 39.7 Å². The quantitative estimate of drug-likeness (QED) is 0.275. The summed E-state index contributed by atoms with van der Waals surface area (Å²) in [6.07, 6.45) is 4.80. The van der Waals surface area contributed by atoms with Crippen molar-refractivity contribution in [1.82, 2.24) is 15.5 Å². The van der Waals surface area contributed by atoms with Gasteiger partial charge >= 0.3 is 0 Å². The first-order valence-electron chi connectivity index (χ1n) is 8.26. The zero-order valence-corrected chi connectivity index (χ0v) is 18.0. The number of likely N-dealkylation sites (tertiary alicyclic amines) is 1. The highest BCUT2D eigenvalue weighted by Crippen LogP contribution is 2.20. The van der Waals surface area contributed by atoms with E-state index in [1.165, 1.54) is 25.9 Å². The van der Waals surface area contributed by atoms with Crippen LogP contribution >= 0.6 is 35.7 Å². The van der Waals surface area contributed by atoms with Crippen LogP contribution in [0.1, 0.15) is 33.6 Å². The summed E-state index contributed by atoms with van der Waals surface area (Å²) >= 11 is 1.85. The van der Waals surface area contributed by atoms with E-state index in [1.807, 2.05) is 18.8 Å². The van der Waals surface area contributed by atoms with E-state index in [0.29, 0.717) is 12.0 Å². The van der Waals surface area contributed by atoms with Crippen LogP contribution in [0.25, 0.3) is 0 Å². The highest BCUT2D eigenvalue weighted by Gasteiger charge is 2.25. The second-order valence-electron chi connectivity index (χ2n) is 6.40. The molecule has 1 heterocycles. The van der Waals surface area contributed by atoms with Crippen LogP contribution in [0.2, 0.25) is 0 Å². The fourth-order valence-electron chi connectivity index (χ4n) is 2.84. The molecule has 1 fully saturated rings. The molecule has 1 unspecified atom stereocenters. The summed E-state index contributed by atoms with van der Waals surface area (Å²) in [5.74, 6) is 3.59. The summed E-state index contributed by atoms with van der Waals surface area (Å²) in [5.41, 5.74) is 0. The van der Waals surface area contributed by atoms with E-state index in [9.17, 15) is 0 Å². The molecule has 1 saturated heterocycles. The first-order valence-corrected chi connectivity index (χ1v) is 9.65. The van der Waals surface area contributed by atoms with E-state index in [1.54, 1.807) is 0 Å². The van der Waals surface area contributed by atoms with Gasteiger partial charge in [-0.25, -0.2) is 0 Å². The Balaban J connectivity index is 0.00000441. The van der Waals surface area contributed by atoms with E-state index >= 15 is 0 Å². The van der Waals surface area contributed by atoms with Gasteiger partial charge in [0.25, 0.3) is 0 Å². The van der Waals surface area contributed by atoms with Crippen LogP contribution in [0, 0.1) is 11.8 Å². The smallest absolute Gasteiger partial charge is 0.191 e. The molecule has 0 spiro atoms. The lowest BCUT2D eigenvalue weighted by Crippen LogP contribution is -2.51. The molecule has 1 aliphatic rings. The molecule has 0 amide bonds. The summed E-state index contributed by atoms with van der Waals surface area (Å²) in [5, 5.41) is 6.88. The van der Waals surface area contributed by atoms with Crippen molar-refractivity contribution in [3.05, 3.63) is 0 Å². The molecule has 4 nitrogen and oxygen atoms in total. The number of nitrogens with zero attached hydrogens (tertiary/aromatic N) is 2. The van der Waals surface area contributed by atoms with E-state index < -0.39 is 0 Å². The van der Waals surface area contributed by atoms with Crippen molar-refractivity contribution in [1.29, 1.82) is 0 Å². The molecular formula is C16H35IN4S. The topological polar surface area (TPSA) is 39.7 Å². The van der Waals surface area contributed by atoms with Crippen molar-refractivity contribution >= 4 is 41.7 Å². The fourth-order valence-corrected chi connectivity index (χ4v) is 3.15. The highest BCUT2D eigenvalue weighted by atomic mass is 127. The third-order valence-corrected chi connectivity index (χ3v) is 4.97. The number of hydrogen-bond acceptors (Lipinski definition) is 3. The van der Waals surface area contributed by atoms with Crippen LogP contribution in [0.15, 0.2) is 4.99 Å². The maximum absolute atomic E-state index is 4.31. The Morgan fingerprint density at radius 1 is 1.27 bits per heavy atom. The average molecular weight is 442 g/mol. The Morgan fingerprint density at radius 3 is 2.41 bits per heavy atom. The van der Waals surface area contributed by atoms with Gasteiger partial charge in [-0.3, -0.25) is 9.89 Å². The predicted molar refractivity (Wildman–Crippen MR) is 112 cm³/mol. The van der Waals surface area contributed by atoms with E-state index in [0.717, 1.165) is 30.7 Å². The predicted octanol–water partition coefficient (Wildman–Crippen LogP) is 2.89. The molecule has 0 aromatic carbocycles. The lowest BCUT2D eigenvalue weighted by molar-refractivity contribution is 0.110. The van der Waals surface area contributed by atoms with Gasteiger partial charge in [-0.2, -0.15) is 11.8 Å². The van der Waals surface area contributed by atoms with E-state index in [-0.39, 0.29) is 24.0 Å². The van der Waals surface area contributed by atoms with Gasteiger partial charge in [0.2, 0.25) is 0 Å². The first-order chi connectivity index (χ1) is 10.1. The number of thioether (sulfide) groups is 1. The third kappa shape index (κ3) is 8.24. The number of nitrogens with one attached hydrogen (secondary N) is 2. The molecule has 2 N–H and O–H groups in total. The Labute approximate surface area is 158 Å². The zero-order chi connectivity index (χ0) is 15.7. The molecule has 0 aromatic heterocycles. The van der Waals surface area contributed by atoms with Gasteiger partial charge in [0, 0.05) is 31.9 Å². The van der Waals surface area contributed by atoms with Gasteiger partial charge in [-0.05, 0) is 44.0 Å². The van der Waals surface area contributed by atoms with Gasteiger partial charge in [-0.15, -0.1) is 24.0 Å². The number of piperidine rings is 1. The monoisotopic (exact) mass is 442 g/mol.